The molecule has 152 valence electrons. The number of hydrogen-bond donors (Lipinski definition) is 0. The van der Waals surface area contributed by atoms with Crippen LogP contribution in [0.5, 0.6) is 0 Å². The van der Waals surface area contributed by atoms with Crippen molar-refractivity contribution in [2.45, 2.75) is 19.5 Å². The summed E-state index contributed by atoms with van der Waals surface area (Å²) in [5, 5.41) is 4.20. The van der Waals surface area contributed by atoms with Gasteiger partial charge in [-0.1, -0.05) is 18.2 Å². The molecule has 3 heterocycles. The molecule has 0 atom stereocenters. The number of amides is 1. The van der Waals surface area contributed by atoms with Crippen LogP contribution in [0.15, 0.2) is 36.7 Å². The standard InChI is InChI=1S/C19H19F3N6O/c1-13-9-16(28-18(25-13)23-12-24-28)26-5-7-27(8-6-26)17(29)11-14-3-2-4-15(10-14)19(20,21)22/h2-4,9-10,12H,5-8,11H2,1H3. The molecule has 0 N–H and O–H groups in total. The smallest absolute Gasteiger partial charge is 0.353 e. The molecular weight excluding hydrogens is 385 g/mol. The van der Waals surface area contributed by atoms with Crippen molar-refractivity contribution in [2.24, 2.45) is 0 Å². The lowest BCUT2D eigenvalue weighted by Crippen LogP contribution is -2.49. The zero-order valence-corrected chi connectivity index (χ0v) is 15.7. The molecule has 29 heavy (non-hydrogen) atoms. The monoisotopic (exact) mass is 404 g/mol. The summed E-state index contributed by atoms with van der Waals surface area (Å²) in [7, 11) is 0. The lowest BCUT2D eigenvalue weighted by atomic mass is 10.1. The van der Waals surface area contributed by atoms with Crippen LogP contribution in [0, 0.1) is 6.92 Å². The number of anilines is 1. The fourth-order valence-corrected chi connectivity index (χ4v) is 3.47. The topological polar surface area (TPSA) is 66.6 Å². The highest BCUT2D eigenvalue weighted by Gasteiger charge is 2.31. The van der Waals surface area contributed by atoms with Crippen LogP contribution in [0.1, 0.15) is 16.8 Å². The zero-order valence-electron chi connectivity index (χ0n) is 15.7. The first-order valence-corrected chi connectivity index (χ1v) is 9.17. The number of benzene rings is 1. The minimum atomic E-state index is -4.42. The SMILES string of the molecule is Cc1cc(N2CCN(C(=O)Cc3cccc(C(F)(F)F)c3)CC2)n2ncnc2n1. The molecule has 7 nitrogen and oxygen atoms in total. The van der Waals surface area contributed by atoms with Gasteiger partial charge in [0.2, 0.25) is 5.91 Å². The number of alkyl halides is 3. The van der Waals surface area contributed by atoms with Gasteiger partial charge in [0.15, 0.2) is 0 Å². The first kappa shape index (κ1) is 19.2. The zero-order chi connectivity index (χ0) is 20.6. The molecule has 3 aromatic rings. The van der Waals surface area contributed by atoms with E-state index in [0.717, 1.165) is 23.6 Å². The molecular formula is C19H19F3N6O. The number of aryl methyl sites for hydroxylation is 1. The summed E-state index contributed by atoms with van der Waals surface area (Å²) >= 11 is 0. The number of piperazine rings is 1. The molecule has 2 aromatic heterocycles. The van der Waals surface area contributed by atoms with Gasteiger partial charge in [0, 0.05) is 37.9 Å². The van der Waals surface area contributed by atoms with E-state index >= 15 is 0 Å². The normalized spacial score (nSPS) is 15.2. The van der Waals surface area contributed by atoms with Gasteiger partial charge < -0.3 is 9.80 Å². The Morgan fingerprint density at radius 2 is 1.90 bits per heavy atom. The van der Waals surface area contributed by atoms with Crippen LogP contribution < -0.4 is 4.90 Å². The van der Waals surface area contributed by atoms with Crippen molar-refractivity contribution in [3.8, 4) is 0 Å². The Kier molecular flexibility index (Phi) is 4.85. The molecule has 4 rings (SSSR count). The summed E-state index contributed by atoms with van der Waals surface area (Å²) in [5.41, 5.74) is 0.447. The second kappa shape index (κ2) is 7.34. The van der Waals surface area contributed by atoms with Gasteiger partial charge in [0.1, 0.15) is 12.1 Å². The fraction of sp³-hybridized carbons (Fsp3) is 0.368. The Hall–Kier alpha value is -3.17. The number of carbonyl (C=O) groups excluding carboxylic acids is 1. The highest BCUT2D eigenvalue weighted by Crippen LogP contribution is 2.29. The summed E-state index contributed by atoms with van der Waals surface area (Å²) in [6.07, 6.45) is -3.02. The molecule has 0 aliphatic carbocycles. The molecule has 0 radical (unpaired) electrons. The first-order chi connectivity index (χ1) is 13.8. The number of nitrogens with zero attached hydrogens (tertiary/aromatic N) is 6. The molecule has 0 bridgehead atoms. The maximum absolute atomic E-state index is 12.9. The van der Waals surface area contributed by atoms with Crippen molar-refractivity contribution in [1.29, 1.82) is 0 Å². The second-order valence-corrected chi connectivity index (χ2v) is 6.97. The Balaban J connectivity index is 1.42. The highest BCUT2D eigenvalue weighted by atomic mass is 19.4. The van der Waals surface area contributed by atoms with E-state index in [9.17, 15) is 18.0 Å². The summed E-state index contributed by atoms with van der Waals surface area (Å²) in [5.74, 6) is 1.19. The van der Waals surface area contributed by atoms with E-state index in [2.05, 4.69) is 20.0 Å². The van der Waals surface area contributed by atoms with Crippen LogP contribution in [0.4, 0.5) is 19.0 Å². The van der Waals surface area contributed by atoms with Crippen molar-refractivity contribution in [2.75, 3.05) is 31.1 Å². The molecule has 0 saturated carbocycles. The van der Waals surface area contributed by atoms with Gasteiger partial charge >= 0.3 is 6.18 Å². The quantitative estimate of drug-likeness (QED) is 0.671. The molecule has 10 heteroatoms. The Morgan fingerprint density at radius 3 is 2.62 bits per heavy atom. The first-order valence-electron chi connectivity index (χ1n) is 9.17. The predicted octanol–water partition coefficient (Wildman–Crippen LogP) is 2.34. The van der Waals surface area contributed by atoms with Crippen molar-refractivity contribution in [3.05, 3.63) is 53.5 Å². The third kappa shape index (κ3) is 4.01. The van der Waals surface area contributed by atoms with Crippen LogP contribution >= 0.6 is 0 Å². The number of halogens is 3. The molecule has 1 aliphatic heterocycles. The van der Waals surface area contributed by atoms with Crippen molar-refractivity contribution < 1.29 is 18.0 Å². The van der Waals surface area contributed by atoms with Gasteiger partial charge in [-0.05, 0) is 18.6 Å². The lowest BCUT2D eigenvalue weighted by Gasteiger charge is -2.36. The highest BCUT2D eigenvalue weighted by molar-refractivity contribution is 5.79. The Bertz CT molecular complexity index is 1040. The molecule has 0 unspecified atom stereocenters. The van der Waals surface area contributed by atoms with Crippen LogP contribution in [-0.4, -0.2) is 56.6 Å². The van der Waals surface area contributed by atoms with E-state index in [-0.39, 0.29) is 12.3 Å². The van der Waals surface area contributed by atoms with E-state index in [1.54, 1.807) is 15.5 Å². The number of rotatable bonds is 3. The summed E-state index contributed by atoms with van der Waals surface area (Å²) in [4.78, 5) is 24.8. The Morgan fingerprint density at radius 1 is 1.14 bits per heavy atom. The molecule has 1 fully saturated rings. The van der Waals surface area contributed by atoms with E-state index in [1.807, 2.05) is 13.0 Å². The van der Waals surface area contributed by atoms with Gasteiger partial charge in [0.05, 0.1) is 12.0 Å². The van der Waals surface area contributed by atoms with Crippen molar-refractivity contribution in [3.63, 3.8) is 0 Å². The van der Waals surface area contributed by atoms with E-state index in [1.165, 1.54) is 12.4 Å². The minimum absolute atomic E-state index is 0.0500. The summed E-state index contributed by atoms with van der Waals surface area (Å²) in [6, 6.07) is 6.84. The van der Waals surface area contributed by atoms with Crippen molar-refractivity contribution >= 4 is 17.5 Å². The van der Waals surface area contributed by atoms with Crippen molar-refractivity contribution in [1.82, 2.24) is 24.5 Å². The van der Waals surface area contributed by atoms with Gasteiger partial charge in [-0.3, -0.25) is 4.79 Å². The number of hydrogen-bond acceptors (Lipinski definition) is 5. The second-order valence-electron chi connectivity index (χ2n) is 6.97. The molecule has 1 aromatic carbocycles. The number of aromatic nitrogens is 4. The van der Waals surface area contributed by atoms with Gasteiger partial charge in [-0.15, -0.1) is 0 Å². The number of carbonyl (C=O) groups is 1. The summed E-state index contributed by atoms with van der Waals surface area (Å²) < 4.78 is 40.2. The van der Waals surface area contributed by atoms with E-state index in [4.69, 9.17) is 0 Å². The van der Waals surface area contributed by atoms with Crippen LogP contribution in [-0.2, 0) is 17.4 Å². The third-order valence-corrected chi connectivity index (χ3v) is 4.93. The number of fused-ring (bicyclic) bond motifs is 1. The van der Waals surface area contributed by atoms with E-state index in [0.29, 0.717) is 37.5 Å². The Labute approximate surface area is 164 Å². The molecule has 0 spiro atoms. The average Bonchev–Trinajstić information content (AvgIpc) is 3.15. The van der Waals surface area contributed by atoms with Crippen LogP contribution in [0.3, 0.4) is 0 Å². The lowest BCUT2D eigenvalue weighted by molar-refractivity contribution is -0.138. The average molecular weight is 404 g/mol. The van der Waals surface area contributed by atoms with Crippen LogP contribution in [0.2, 0.25) is 0 Å². The largest absolute Gasteiger partial charge is 0.416 e. The fourth-order valence-electron chi connectivity index (χ4n) is 3.47. The van der Waals surface area contributed by atoms with E-state index < -0.39 is 11.7 Å². The molecule has 1 saturated heterocycles. The maximum atomic E-state index is 12.9. The molecule has 1 amide bonds. The van der Waals surface area contributed by atoms with Gasteiger partial charge in [-0.2, -0.15) is 27.8 Å². The van der Waals surface area contributed by atoms with Gasteiger partial charge in [-0.25, -0.2) is 4.98 Å². The van der Waals surface area contributed by atoms with Gasteiger partial charge in [0.25, 0.3) is 5.78 Å². The molecule has 1 aliphatic rings. The maximum Gasteiger partial charge on any atom is 0.416 e. The minimum Gasteiger partial charge on any atom is -0.353 e. The third-order valence-electron chi connectivity index (χ3n) is 4.93. The van der Waals surface area contributed by atoms with Crippen LogP contribution in [0.25, 0.3) is 5.78 Å². The predicted molar refractivity (Wildman–Crippen MR) is 99.5 cm³/mol. The summed E-state index contributed by atoms with van der Waals surface area (Å²) in [6.45, 7) is 4.03.